The van der Waals surface area contributed by atoms with Gasteiger partial charge in [-0.1, -0.05) is 6.07 Å². The van der Waals surface area contributed by atoms with Crippen LogP contribution in [-0.2, 0) is 9.59 Å². The van der Waals surface area contributed by atoms with E-state index in [0.717, 1.165) is 21.5 Å². The summed E-state index contributed by atoms with van der Waals surface area (Å²) in [7, 11) is 0. The molecule has 1 aromatic rings. The highest BCUT2D eigenvalue weighted by Gasteiger charge is 2.36. The maximum absolute atomic E-state index is 12.2. The van der Waals surface area contributed by atoms with Gasteiger partial charge in [0, 0.05) is 18.0 Å². The first kappa shape index (κ1) is 16.7. The van der Waals surface area contributed by atoms with E-state index >= 15 is 0 Å². The van der Waals surface area contributed by atoms with Gasteiger partial charge in [-0.3, -0.25) is 19.3 Å². The lowest BCUT2D eigenvalue weighted by Gasteiger charge is -2.22. The first-order valence-electron chi connectivity index (χ1n) is 6.74. The van der Waals surface area contributed by atoms with E-state index in [-0.39, 0.29) is 25.6 Å². The van der Waals surface area contributed by atoms with E-state index < -0.39 is 11.1 Å². The van der Waals surface area contributed by atoms with Gasteiger partial charge in [-0.05, 0) is 36.2 Å². The van der Waals surface area contributed by atoms with E-state index in [4.69, 9.17) is 5.11 Å². The number of aliphatic hydroxyl groups excluding tert-OH is 1. The van der Waals surface area contributed by atoms with Crippen molar-refractivity contribution in [2.45, 2.75) is 6.92 Å². The standard InChI is InChI=1S/C14H16N2O4S2/c1-2-15(5-6-17)12(18)9-16-13(19)11(22-14(16)20)8-10-4-3-7-21-10/h3-4,7-8,17H,2,5-6,9H2,1H3/b11-8-. The molecule has 2 heterocycles. The molecule has 22 heavy (non-hydrogen) atoms. The Hall–Kier alpha value is -1.64. The van der Waals surface area contributed by atoms with Crippen LogP contribution in [0, 0.1) is 0 Å². The van der Waals surface area contributed by atoms with Gasteiger partial charge in [-0.25, -0.2) is 0 Å². The summed E-state index contributed by atoms with van der Waals surface area (Å²) < 4.78 is 0. The molecule has 0 unspecified atom stereocenters. The molecule has 0 radical (unpaired) electrons. The fourth-order valence-electron chi connectivity index (χ4n) is 1.95. The number of hydrogen-bond acceptors (Lipinski definition) is 6. The van der Waals surface area contributed by atoms with E-state index in [9.17, 15) is 14.4 Å². The Kier molecular flexibility index (Phi) is 5.76. The molecular formula is C14H16N2O4S2. The van der Waals surface area contributed by atoms with Gasteiger partial charge >= 0.3 is 0 Å². The van der Waals surface area contributed by atoms with Crippen molar-refractivity contribution in [3.05, 3.63) is 27.3 Å². The first-order valence-corrected chi connectivity index (χ1v) is 8.44. The summed E-state index contributed by atoms with van der Waals surface area (Å²) in [5.41, 5.74) is 0. The third-order valence-electron chi connectivity index (χ3n) is 3.09. The van der Waals surface area contributed by atoms with Crippen LogP contribution in [0.4, 0.5) is 4.79 Å². The van der Waals surface area contributed by atoms with Gasteiger partial charge in [-0.2, -0.15) is 0 Å². The molecule has 1 N–H and O–H groups in total. The zero-order valence-electron chi connectivity index (χ0n) is 12.0. The highest BCUT2D eigenvalue weighted by molar-refractivity contribution is 8.18. The Bertz CT molecular complexity index is 598. The van der Waals surface area contributed by atoms with E-state index in [1.807, 2.05) is 17.5 Å². The normalized spacial score (nSPS) is 16.6. The smallest absolute Gasteiger partial charge is 0.294 e. The number of aliphatic hydroxyl groups is 1. The topological polar surface area (TPSA) is 77.9 Å². The number of rotatable bonds is 6. The molecule has 0 atom stereocenters. The molecule has 2 rings (SSSR count). The number of carbonyl (C=O) groups is 3. The third-order valence-corrected chi connectivity index (χ3v) is 4.81. The number of imide groups is 1. The molecule has 0 saturated carbocycles. The highest BCUT2D eigenvalue weighted by atomic mass is 32.2. The monoisotopic (exact) mass is 340 g/mol. The molecule has 0 spiro atoms. The van der Waals surface area contributed by atoms with E-state index in [2.05, 4.69) is 0 Å². The summed E-state index contributed by atoms with van der Waals surface area (Å²) in [6.07, 6.45) is 1.66. The maximum atomic E-state index is 12.2. The van der Waals surface area contributed by atoms with Crippen LogP contribution in [0.3, 0.4) is 0 Å². The number of amides is 3. The Labute approximate surface area is 136 Å². The zero-order valence-corrected chi connectivity index (χ0v) is 13.7. The van der Waals surface area contributed by atoms with Gasteiger partial charge in [0.25, 0.3) is 11.1 Å². The number of carbonyl (C=O) groups excluding carboxylic acids is 3. The summed E-state index contributed by atoms with van der Waals surface area (Å²) in [5, 5.41) is 10.4. The second-order valence-electron chi connectivity index (χ2n) is 4.48. The molecule has 6 nitrogen and oxygen atoms in total. The summed E-state index contributed by atoms with van der Waals surface area (Å²) in [6, 6.07) is 3.71. The largest absolute Gasteiger partial charge is 0.395 e. The van der Waals surface area contributed by atoms with Crippen LogP contribution in [0.1, 0.15) is 11.8 Å². The van der Waals surface area contributed by atoms with Crippen LogP contribution in [0.25, 0.3) is 6.08 Å². The summed E-state index contributed by atoms with van der Waals surface area (Å²) >= 11 is 2.31. The minimum absolute atomic E-state index is 0.153. The van der Waals surface area contributed by atoms with Crippen molar-refractivity contribution in [1.82, 2.24) is 9.80 Å². The van der Waals surface area contributed by atoms with Crippen molar-refractivity contribution < 1.29 is 19.5 Å². The van der Waals surface area contributed by atoms with Crippen molar-refractivity contribution in [2.24, 2.45) is 0 Å². The van der Waals surface area contributed by atoms with Crippen molar-refractivity contribution in [1.29, 1.82) is 0 Å². The van der Waals surface area contributed by atoms with Crippen LogP contribution in [0.5, 0.6) is 0 Å². The quantitative estimate of drug-likeness (QED) is 0.796. The predicted molar refractivity (Wildman–Crippen MR) is 86.3 cm³/mol. The van der Waals surface area contributed by atoms with Crippen molar-refractivity contribution in [3.63, 3.8) is 0 Å². The average molecular weight is 340 g/mol. The van der Waals surface area contributed by atoms with E-state index in [0.29, 0.717) is 11.4 Å². The van der Waals surface area contributed by atoms with Crippen LogP contribution < -0.4 is 0 Å². The molecule has 1 fully saturated rings. The zero-order chi connectivity index (χ0) is 16.1. The van der Waals surface area contributed by atoms with Crippen molar-refractivity contribution in [2.75, 3.05) is 26.2 Å². The Morgan fingerprint density at radius 3 is 2.82 bits per heavy atom. The van der Waals surface area contributed by atoms with Gasteiger partial charge in [0.1, 0.15) is 6.54 Å². The molecule has 8 heteroatoms. The van der Waals surface area contributed by atoms with Gasteiger partial charge in [0.2, 0.25) is 5.91 Å². The minimum Gasteiger partial charge on any atom is -0.395 e. The molecule has 1 saturated heterocycles. The fraction of sp³-hybridized carbons (Fsp3) is 0.357. The number of nitrogens with zero attached hydrogens (tertiary/aromatic N) is 2. The molecular weight excluding hydrogens is 324 g/mol. The first-order chi connectivity index (χ1) is 10.6. The molecule has 118 valence electrons. The number of hydrogen-bond donors (Lipinski definition) is 1. The van der Waals surface area contributed by atoms with Gasteiger partial charge in [0.05, 0.1) is 11.5 Å². The number of thioether (sulfide) groups is 1. The Morgan fingerprint density at radius 2 is 2.23 bits per heavy atom. The lowest BCUT2D eigenvalue weighted by Crippen LogP contribution is -2.43. The van der Waals surface area contributed by atoms with Crippen LogP contribution in [0.15, 0.2) is 22.4 Å². The molecule has 1 aliphatic heterocycles. The van der Waals surface area contributed by atoms with Crippen molar-refractivity contribution >= 4 is 46.2 Å². The van der Waals surface area contributed by atoms with Crippen molar-refractivity contribution in [3.8, 4) is 0 Å². The lowest BCUT2D eigenvalue weighted by molar-refractivity contribution is -0.136. The molecule has 3 amide bonds. The molecule has 0 bridgehead atoms. The molecule has 0 aromatic carbocycles. The second kappa shape index (κ2) is 7.57. The van der Waals surface area contributed by atoms with Crippen LogP contribution in [-0.4, -0.2) is 58.2 Å². The SMILES string of the molecule is CCN(CCO)C(=O)CN1C(=O)S/C(=C\c2cccs2)C1=O. The average Bonchev–Trinajstić information content (AvgIpc) is 3.09. The summed E-state index contributed by atoms with van der Waals surface area (Å²) in [5.74, 6) is -0.798. The van der Waals surface area contributed by atoms with E-state index in [1.165, 1.54) is 16.2 Å². The fourth-order valence-corrected chi connectivity index (χ4v) is 3.52. The van der Waals surface area contributed by atoms with E-state index in [1.54, 1.807) is 13.0 Å². The third kappa shape index (κ3) is 3.76. The van der Waals surface area contributed by atoms with Gasteiger partial charge in [0.15, 0.2) is 0 Å². The number of thiophene rings is 1. The Morgan fingerprint density at radius 1 is 1.45 bits per heavy atom. The second-order valence-corrected chi connectivity index (χ2v) is 6.45. The summed E-state index contributed by atoms with van der Waals surface area (Å²) in [4.78, 5) is 39.8. The molecule has 1 aromatic heterocycles. The molecule has 0 aliphatic carbocycles. The molecule has 1 aliphatic rings. The lowest BCUT2D eigenvalue weighted by atomic mass is 10.3. The Balaban J connectivity index is 2.08. The minimum atomic E-state index is -0.447. The van der Waals surface area contributed by atoms with Crippen LogP contribution >= 0.6 is 23.1 Å². The predicted octanol–water partition coefficient (Wildman–Crippen LogP) is 1.63. The maximum Gasteiger partial charge on any atom is 0.294 e. The van der Waals surface area contributed by atoms with Crippen LogP contribution in [0.2, 0.25) is 0 Å². The highest BCUT2D eigenvalue weighted by Crippen LogP contribution is 2.32. The summed E-state index contributed by atoms with van der Waals surface area (Å²) in [6.45, 7) is 1.94. The van der Waals surface area contributed by atoms with Gasteiger partial charge in [-0.15, -0.1) is 11.3 Å². The van der Waals surface area contributed by atoms with Gasteiger partial charge < -0.3 is 10.0 Å². The number of likely N-dealkylation sites (N-methyl/N-ethyl adjacent to an activating group) is 1.